The maximum Gasteiger partial charge on any atom is 0.181 e. The Morgan fingerprint density at radius 1 is 1.30 bits per heavy atom. The number of nitrogens with one attached hydrogen (secondary N) is 1. The van der Waals surface area contributed by atoms with E-state index in [1.165, 1.54) is 11.6 Å². The van der Waals surface area contributed by atoms with E-state index in [4.69, 9.17) is 0 Å². The molecule has 1 atom stereocenters. The van der Waals surface area contributed by atoms with Crippen LogP contribution in [-0.2, 0) is 0 Å². The number of anilines is 1. The molecule has 120 valence electrons. The van der Waals surface area contributed by atoms with Crippen LogP contribution in [0.3, 0.4) is 0 Å². The van der Waals surface area contributed by atoms with Crippen molar-refractivity contribution in [1.29, 1.82) is 0 Å². The van der Waals surface area contributed by atoms with E-state index >= 15 is 0 Å². The van der Waals surface area contributed by atoms with Gasteiger partial charge in [-0.1, -0.05) is 20.3 Å². The monoisotopic (exact) mass is 312 g/mol. The molecule has 0 aliphatic heterocycles. The molecule has 0 spiro atoms. The third kappa shape index (κ3) is 3.04. The lowest BCUT2D eigenvalue weighted by molar-refractivity contribution is 0.611. The van der Waals surface area contributed by atoms with Crippen LogP contribution < -0.4 is 5.32 Å². The first-order valence-electron chi connectivity index (χ1n) is 7.95. The van der Waals surface area contributed by atoms with E-state index < -0.39 is 0 Å². The van der Waals surface area contributed by atoms with Gasteiger partial charge in [0.15, 0.2) is 5.65 Å². The van der Waals surface area contributed by atoms with Gasteiger partial charge in [0.25, 0.3) is 0 Å². The number of fused-ring (bicyclic) bond motifs is 1. The molecule has 0 saturated carbocycles. The SMILES string of the molecule is CCCC(C)c1cnc2nn(-c3cc(NC)ccc3F)cc2c1. The first-order valence-corrected chi connectivity index (χ1v) is 7.95. The lowest BCUT2D eigenvalue weighted by Crippen LogP contribution is -2.00. The largest absolute Gasteiger partial charge is 0.388 e. The minimum Gasteiger partial charge on any atom is -0.388 e. The second-order valence-corrected chi connectivity index (χ2v) is 5.86. The molecule has 23 heavy (non-hydrogen) atoms. The van der Waals surface area contributed by atoms with Crippen molar-refractivity contribution in [3.63, 3.8) is 0 Å². The van der Waals surface area contributed by atoms with Crippen LogP contribution in [0.5, 0.6) is 0 Å². The first kappa shape index (κ1) is 15.5. The highest BCUT2D eigenvalue weighted by molar-refractivity contribution is 5.75. The van der Waals surface area contributed by atoms with Gasteiger partial charge in [0, 0.05) is 30.5 Å². The Morgan fingerprint density at radius 2 is 2.13 bits per heavy atom. The van der Waals surface area contributed by atoms with Gasteiger partial charge >= 0.3 is 0 Å². The van der Waals surface area contributed by atoms with E-state index in [9.17, 15) is 4.39 Å². The van der Waals surface area contributed by atoms with E-state index in [2.05, 4.69) is 35.3 Å². The van der Waals surface area contributed by atoms with Crippen LogP contribution >= 0.6 is 0 Å². The highest BCUT2D eigenvalue weighted by Gasteiger charge is 2.11. The fraction of sp³-hybridized carbons (Fsp3) is 0.333. The van der Waals surface area contributed by atoms with Gasteiger partial charge in [0.05, 0.1) is 0 Å². The second kappa shape index (κ2) is 6.36. The predicted octanol–water partition coefficient (Wildman–Crippen LogP) is 4.50. The molecule has 1 aromatic carbocycles. The Balaban J connectivity index is 2.03. The van der Waals surface area contributed by atoms with Crippen molar-refractivity contribution in [2.24, 2.45) is 0 Å². The zero-order valence-electron chi connectivity index (χ0n) is 13.7. The Kier molecular flexibility index (Phi) is 4.28. The second-order valence-electron chi connectivity index (χ2n) is 5.86. The van der Waals surface area contributed by atoms with Crippen LogP contribution in [0, 0.1) is 5.82 Å². The summed E-state index contributed by atoms with van der Waals surface area (Å²) in [6.45, 7) is 4.38. The molecular weight excluding hydrogens is 291 g/mol. The number of hydrogen-bond donors (Lipinski definition) is 1. The fourth-order valence-corrected chi connectivity index (χ4v) is 2.77. The van der Waals surface area contributed by atoms with Gasteiger partial charge in [-0.3, -0.25) is 0 Å². The standard InChI is InChI=1S/C18H21FN4/c1-4-5-12(2)13-8-14-11-23(22-18(14)21-10-13)17-9-15(20-3)6-7-16(17)19/h6-12,20H,4-5H2,1-3H3. The maximum atomic E-state index is 14.1. The van der Waals surface area contributed by atoms with Crippen LogP contribution in [-0.4, -0.2) is 21.8 Å². The maximum absolute atomic E-state index is 14.1. The smallest absolute Gasteiger partial charge is 0.181 e. The van der Waals surface area contributed by atoms with E-state index in [0.29, 0.717) is 17.3 Å². The summed E-state index contributed by atoms with van der Waals surface area (Å²) in [4.78, 5) is 4.43. The minimum atomic E-state index is -0.309. The van der Waals surface area contributed by atoms with Crippen molar-refractivity contribution < 1.29 is 4.39 Å². The van der Waals surface area contributed by atoms with Crippen LogP contribution in [0.25, 0.3) is 16.7 Å². The Labute approximate surface area is 135 Å². The number of nitrogens with zero attached hydrogens (tertiary/aromatic N) is 3. The number of halogens is 1. The summed E-state index contributed by atoms with van der Waals surface area (Å²) >= 11 is 0. The fourth-order valence-electron chi connectivity index (χ4n) is 2.77. The van der Waals surface area contributed by atoms with Crippen LogP contribution in [0.4, 0.5) is 10.1 Å². The third-order valence-corrected chi connectivity index (χ3v) is 4.15. The average molecular weight is 312 g/mol. The van der Waals surface area contributed by atoms with Crippen molar-refractivity contribution in [1.82, 2.24) is 14.8 Å². The molecular formula is C18H21FN4. The molecule has 0 aliphatic carbocycles. The van der Waals surface area contributed by atoms with Crippen LogP contribution in [0.1, 0.15) is 38.2 Å². The summed E-state index contributed by atoms with van der Waals surface area (Å²) in [6, 6.07) is 6.98. The average Bonchev–Trinajstić information content (AvgIpc) is 2.98. The number of hydrogen-bond acceptors (Lipinski definition) is 3. The molecule has 2 heterocycles. The van der Waals surface area contributed by atoms with Crippen molar-refractivity contribution >= 4 is 16.7 Å². The van der Waals surface area contributed by atoms with Gasteiger partial charge < -0.3 is 5.32 Å². The van der Waals surface area contributed by atoms with Gasteiger partial charge in [-0.05, 0) is 42.2 Å². The number of aromatic nitrogens is 3. The summed E-state index contributed by atoms with van der Waals surface area (Å²) in [6.07, 6.45) is 5.98. The first-order chi connectivity index (χ1) is 11.1. The Hall–Kier alpha value is -2.43. The minimum absolute atomic E-state index is 0.309. The molecule has 3 rings (SSSR count). The van der Waals surface area contributed by atoms with Crippen molar-refractivity contribution in [3.8, 4) is 5.69 Å². The lowest BCUT2D eigenvalue weighted by Gasteiger charge is -2.09. The zero-order valence-corrected chi connectivity index (χ0v) is 13.7. The highest BCUT2D eigenvalue weighted by atomic mass is 19.1. The Morgan fingerprint density at radius 3 is 2.87 bits per heavy atom. The van der Waals surface area contributed by atoms with Gasteiger partial charge in [-0.2, -0.15) is 0 Å². The number of benzene rings is 1. The topological polar surface area (TPSA) is 42.7 Å². The van der Waals surface area contributed by atoms with E-state index in [-0.39, 0.29) is 5.82 Å². The molecule has 0 aliphatic rings. The number of rotatable bonds is 5. The van der Waals surface area contributed by atoms with E-state index in [1.54, 1.807) is 23.9 Å². The van der Waals surface area contributed by atoms with Gasteiger partial charge in [0.2, 0.25) is 0 Å². The van der Waals surface area contributed by atoms with Crippen molar-refractivity contribution in [3.05, 3.63) is 48.0 Å². The summed E-state index contributed by atoms with van der Waals surface area (Å²) in [7, 11) is 1.81. The van der Waals surface area contributed by atoms with Gasteiger partial charge in [-0.25, -0.2) is 14.1 Å². The molecule has 1 unspecified atom stereocenters. The highest BCUT2D eigenvalue weighted by Crippen LogP contribution is 2.24. The molecule has 5 heteroatoms. The molecule has 2 aromatic heterocycles. The van der Waals surface area contributed by atoms with Crippen molar-refractivity contribution in [2.45, 2.75) is 32.6 Å². The summed E-state index contributed by atoms with van der Waals surface area (Å²) < 4.78 is 15.7. The molecule has 0 saturated heterocycles. The van der Waals surface area contributed by atoms with Gasteiger partial charge in [-0.15, -0.1) is 5.10 Å². The lowest BCUT2D eigenvalue weighted by atomic mass is 9.98. The normalized spacial score (nSPS) is 12.5. The van der Waals surface area contributed by atoms with Gasteiger partial charge in [0.1, 0.15) is 11.5 Å². The predicted molar refractivity (Wildman–Crippen MR) is 91.7 cm³/mol. The third-order valence-electron chi connectivity index (χ3n) is 4.15. The molecule has 1 N–H and O–H groups in total. The summed E-state index contributed by atoms with van der Waals surface area (Å²) in [5.41, 5.74) is 3.08. The van der Waals surface area contributed by atoms with E-state index in [1.807, 2.05) is 12.4 Å². The van der Waals surface area contributed by atoms with E-state index in [0.717, 1.165) is 23.9 Å². The molecule has 4 nitrogen and oxygen atoms in total. The molecule has 0 fully saturated rings. The van der Waals surface area contributed by atoms with Crippen LogP contribution in [0.15, 0.2) is 36.7 Å². The Bertz CT molecular complexity index is 825. The zero-order chi connectivity index (χ0) is 16.4. The van der Waals surface area contributed by atoms with Crippen LogP contribution in [0.2, 0.25) is 0 Å². The quantitative estimate of drug-likeness (QED) is 0.754. The molecule has 0 bridgehead atoms. The molecule has 3 aromatic rings. The van der Waals surface area contributed by atoms with Crippen molar-refractivity contribution in [2.75, 3.05) is 12.4 Å². The number of pyridine rings is 1. The molecule has 0 amide bonds. The summed E-state index contributed by atoms with van der Waals surface area (Å²) in [5, 5.41) is 8.35. The summed E-state index contributed by atoms with van der Waals surface area (Å²) in [5.74, 6) is 0.154. The molecule has 0 radical (unpaired) electrons.